The fourth-order valence-electron chi connectivity index (χ4n) is 0.675. The van der Waals surface area contributed by atoms with Gasteiger partial charge in [0.25, 0.3) is 0 Å². The SMILES string of the molecule is Cc1ccc(SCC(=O)O)nc1. The van der Waals surface area contributed by atoms with Crippen LogP contribution in [0.4, 0.5) is 0 Å². The number of pyridine rings is 1. The van der Waals surface area contributed by atoms with E-state index in [-0.39, 0.29) is 5.75 Å². The normalized spacial score (nSPS) is 9.75. The molecule has 0 radical (unpaired) electrons. The highest BCUT2D eigenvalue weighted by Crippen LogP contribution is 2.14. The standard InChI is InChI=1S/C8H9NO2S/c1-6-2-3-7(9-4-6)12-5-8(10)11/h2-4H,5H2,1H3,(H,10,11). The fourth-order valence-corrected chi connectivity index (χ4v) is 1.24. The fraction of sp³-hybridized carbons (Fsp3) is 0.250. The average Bonchev–Trinajstić information content (AvgIpc) is 2.03. The van der Waals surface area contributed by atoms with Crippen LogP contribution in [0.25, 0.3) is 0 Å². The molecule has 0 bridgehead atoms. The topological polar surface area (TPSA) is 50.2 Å². The van der Waals surface area contributed by atoms with Gasteiger partial charge in [0.05, 0.1) is 10.8 Å². The molecule has 0 unspecified atom stereocenters. The molecule has 0 amide bonds. The summed E-state index contributed by atoms with van der Waals surface area (Å²) in [7, 11) is 0. The van der Waals surface area contributed by atoms with Crippen molar-refractivity contribution in [1.29, 1.82) is 0 Å². The number of rotatable bonds is 3. The van der Waals surface area contributed by atoms with Gasteiger partial charge in [0.1, 0.15) is 0 Å². The molecule has 0 aromatic carbocycles. The largest absolute Gasteiger partial charge is 0.481 e. The van der Waals surface area contributed by atoms with E-state index < -0.39 is 5.97 Å². The highest BCUT2D eigenvalue weighted by molar-refractivity contribution is 7.99. The molecular formula is C8H9NO2S. The first-order chi connectivity index (χ1) is 5.68. The van der Waals surface area contributed by atoms with Crippen molar-refractivity contribution in [3.05, 3.63) is 23.9 Å². The zero-order valence-electron chi connectivity index (χ0n) is 6.65. The Balaban J connectivity index is 2.53. The van der Waals surface area contributed by atoms with Crippen LogP contribution in [0.15, 0.2) is 23.4 Å². The second-order valence-corrected chi connectivity index (χ2v) is 3.35. The first-order valence-corrected chi connectivity index (χ1v) is 4.44. The van der Waals surface area contributed by atoms with E-state index in [0.29, 0.717) is 0 Å². The van der Waals surface area contributed by atoms with Crippen LogP contribution in [0.1, 0.15) is 5.56 Å². The van der Waals surface area contributed by atoms with Crippen LogP contribution < -0.4 is 0 Å². The lowest BCUT2D eigenvalue weighted by Gasteiger charge is -1.96. The predicted molar refractivity (Wildman–Crippen MR) is 47.3 cm³/mol. The highest BCUT2D eigenvalue weighted by atomic mass is 32.2. The van der Waals surface area contributed by atoms with Gasteiger partial charge >= 0.3 is 5.97 Å². The molecule has 0 fully saturated rings. The van der Waals surface area contributed by atoms with E-state index in [1.165, 1.54) is 11.8 Å². The Bertz CT molecular complexity index is 271. The summed E-state index contributed by atoms with van der Waals surface area (Å²) in [6.45, 7) is 1.94. The molecule has 1 rings (SSSR count). The molecule has 4 heteroatoms. The molecular weight excluding hydrogens is 174 g/mol. The van der Waals surface area contributed by atoms with E-state index in [9.17, 15) is 4.79 Å². The monoisotopic (exact) mass is 183 g/mol. The molecule has 0 spiro atoms. The number of hydrogen-bond donors (Lipinski definition) is 1. The van der Waals surface area contributed by atoms with Gasteiger partial charge in [-0.15, -0.1) is 0 Å². The molecule has 0 aliphatic rings. The Hall–Kier alpha value is -1.03. The van der Waals surface area contributed by atoms with Crippen LogP contribution >= 0.6 is 11.8 Å². The predicted octanol–water partition coefficient (Wildman–Crippen LogP) is 1.57. The number of aliphatic carboxylic acids is 1. The molecule has 0 saturated carbocycles. The minimum absolute atomic E-state index is 0.0655. The third-order valence-corrected chi connectivity index (χ3v) is 2.16. The van der Waals surface area contributed by atoms with Crippen LogP contribution in [0.3, 0.4) is 0 Å². The number of nitrogens with zero attached hydrogens (tertiary/aromatic N) is 1. The zero-order valence-corrected chi connectivity index (χ0v) is 7.47. The molecule has 3 nitrogen and oxygen atoms in total. The summed E-state index contributed by atoms with van der Waals surface area (Å²) in [5.74, 6) is -0.752. The van der Waals surface area contributed by atoms with Crippen LogP contribution in [0.5, 0.6) is 0 Å². The van der Waals surface area contributed by atoms with Gasteiger partial charge in [0.15, 0.2) is 0 Å². The highest BCUT2D eigenvalue weighted by Gasteiger charge is 1.99. The summed E-state index contributed by atoms with van der Waals surface area (Å²) in [6, 6.07) is 3.74. The maximum absolute atomic E-state index is 10.2. The van der Waals surface area contributed by atoms with Gasteiger partial charge in [-0.05, 0) is 18.6 Å². The molecule has 1 aromatic heterocycles. The molecule has 12 heavy (non-hydrogen) atoms. The third-order valence-electron chi connectivity index (χ3n) is 1.23. The second-order valence-electron chi connectivity index (χ2n) is 2.36. The van der Waals surface area contributed by atoms with Crippen molar-refractivity contribution in [2.75, 3.05) is 5.75 Å². The van der Waals surface area contributed by atoms with Crippen molar-refractivity contribution in [3.8, 4) is 0 Å². The van der Waals surface area contributed by atoms with Crippen molar-refractivity contribution < 1.29 is 9.90 Å². The maximum atomic E-state index is 10.2. The molecule has 0 atom stereocenters. The molecule has 0 aliphatic heterocycles. The summed E-state index contributed by atoms with van der Waals surface area (Å²) in [5, 5.41) is 9.13. The molecule has 1 heterocycles. The molecule has 1 N–H and O–H groups in total. The van der Waals surface area contributed by atoms with Gasteiger partial charge in [-0.1, -0.05) is 17.8 Å². The number of carboxylic acid groups (broad SMARTS) is 1. The van der Waals surface area contributed by atoms with Crippen molar-refractivity contribution in [2.45, 2.75) is 11.9 Å². The second kappa shape index (κ2) is 4.11. The Morgan fingerprint density at radius 2 is 2.42 bits per heavy atom. The molecule has 1 aromatic rings. The van der Waals surface area contributed by atoms with Crippen LogP contribution in [-0.2, 0) is 4.79 Å². The number of aryl methyl sites for hydroxylation is 1. The molecule has 0 aliphatic carbocycles. The molecule has 0 saturated heterocycles. The maximum Gasteiger partial charge on any atom is 0.313 e. The Kier molecular flexibility index (Phi) is 3.10. The van der Waals surface area contributed by atoms with E-state index in [2.05, 4.69) is 4.98 Å². The number of carboxylic acids is 1. The summed E-state index contributed by atoms with van der Waals surface area (Å²) in [5.41, 5.74) is 1.08. The average molecular weight is 183 g/mol. The Morgan fingerprint density at radius 3 is 2.92 bits per heavy atom. The first-order valence-electron chi connectivity index (χ1n) is 3.46. The van der Waals surface area contributed by atoms with Gasteiger partial charge in [-0.2, -0.15) is 0 Å². The van der Waals surface area contributed by atoms with Crippen LogP contribution in [-0.4, -0.2) is 21.8 Å². The Labute approximate surface area is 74.8 Å². The lowest BCUT2D eigenvalue weighted by Crippen LogP contribution is -1.97. The van der Waals surface area contributed by atoms with Crippen molar-refractivity contribution in [3.63, 3.8) is 0 Å². The van der Waals surface area contributed by atoms with Gasteiger partial charge in [-0.3, -0.25) is 4.79 Å². The number of carbonyl (C=O) groups is 1. The van der Waals surface area contributed by atoms with Gasteiger partial charge < -0.3 is 5.11 Å². The lowest BCUT2D eigenvalue weighted by atomic mass is 10.3. The van der Waals surface area contributed by atoms with Crippen molar-refractivity contribution >= 4 is 17.7 Å². The quantitative estimate of drug-likeness (QED) is 0.722. The summed E-state index contributed by atoms with van der Waals surface area (Å²) in [4.78, 5) is 14.2. The Morgan fingerprint density at radius 1 is 1.67 bits per heavy atom. The minimum atomic E-state index is -0.817. The van der Waals surface area contributed by atoms with E-state index in [0.717, 1.165) is 10.6 Å². The van der Waals surface area contributed by atoms with E-state index in [1.807, 2.05) is 19.1 Å². The zero-order chi connectivity index (χ0) is 8.97. The summed E-state index contributed by atoms with van der Waals surface area (Å²) < 4.78 is 0. The van der Waals surface area contributed by atoms with Crippen LogP contribution in [0.2, 0.25) is 0 Å². The van der Waals surface area contributed by atoms with E-state index in [1.54, 1.807) is 6.20 Å². The van der Waals surface area contributed by atoms with Crippen molar-refractivity contribution in [2.24, 2.45) is 0 Å². The number of thioether (sulfide) groups is 1. The van der Waals surface area contributed by atoms with Crippen LogP contribution in [0, 0.1) is 6.92 Å². The number of aromatic nitrogens is 1. The first kappa shape index (κ1) is 9.06. The van der Waals surface area contributed by atoms with Gasteiger partial charge in [0.2, 0.25) is 0 Å². The van der Waals surface area contributed by atoms with Crippen molar-refractivity contribution in [1.82, 2.24) is 4.98 Å². The van der Waals surface area contributed by atoms with E-state index in [4.69, 9.17) is 5.11 Å². The van der Waals surface area contributed by atoms with Gasteiger partial charge in [-0.25, -0.2) is 4.98 Å². The molecule has 64 valence electrons. The smallest absolute Gasteiger partial charge is 0.313 e. The third kappa shape index (κ3) is 2.92. The van der Waals surface area contributed by atoms with E-state index >= 15 is 0 Å². The summed E-state index contributed by atoms with van der Waals surface area (Å²) >= 11 is 1.23. The lowest BCUT2D eigenvalue weighted by molar-refractivity contribution is -0.133. The number of hydrogen-bond acceptors (Lipinski definition) is 3. The minimum Gasteiger partial charge on any atom is -0.481 e. The summed E-state index contributed by atoms with van der Waals surface area (Å²) in [6.07, 6.45) is 1.73. The van der Waals surface area contributed by atoms with Gasteiger partial charge in [0, 0.05) is 6.20 Å².